The Kier molecular flexibility index (Phi) is 47.5. The summed E-state index contributed by atoms with van der Waals surface area (Å²) in [4.78, 5) is 13.2. The molecule has 0 spiro atoms. The van der Waals surface area contributed by atoms with Crippen molar-refractivity contribution < 1.29 is 50.0 Å². The second kappa shape index (κ2) is 49.7. The molecule has 0 aromatic carbocycles. The molecule has 1 heterocycles. The summed E-state index contributed by atoms with van der Waals surface area (Å²) < 4.78 is 11.2. The molecule has 0 bridgehead atoms. The highest BCUT2D eigenvalue weighted by atomic mass is 16.7. The van der Waals surface area contributed by atoms with Crippen LogP contribution in [-0.2, 0) is 14.3 Å². The number of ether oxygens (including phenoxy) is 2. The van der Waals surface area contributed by atoms with E-state index in [-0.39, 0.29) is 6.42 Å². The fourth-order valence-electron chi connectivity index (χ4n) is 10.1. The topological polar surface area (TPSA) is 189 Å². The summed E-state index contributed by atoms with van der Waals surface area (Å²) in [5, 5.41) is 76.3. The first-order valence-electron chi connectivity index (χ1n) is 30.6. The molecule has 8 N–H and O–H groups in total. The van der Waals surface area contributed by atoms with Crippen molar-refractivity contribution in [3.63, 3.8) is 0 Å². The molecule has 1 fully saturated rings. The molecular formula is C60H117NO10. The normalized spacial score (nSPS) is 20.2. The highest BCUT2D eigenvalue weighted by Gasteiger charge is 2.44. The number of allylic oxidation sites excluding steroid dienone is 2. The van der Waals surface area contributed by atoms with Gasteiger partial charge in [-0.3, -0.25) is 4.79 Å². The van der Waals surface area contributed by atoms with Gasteiger partial charge in [0.1, 0.15) is 36.6 Å². The molecule has 71 heavy (non-hydrogen) atoms. The predicted molar refractivity (Wildman–Crippen MR) is 293 cm³/mol. The van der Waals surface area contributed by atoms with Crippen molar-refractivity contribution in [2.75, 3.05) is 13.2 Å². The van der Waals surface area contributed by atoms with Crippen molar-refractivity contribution in [2.45, 2.75) is 351 Å². The van der Waals surface area contributed by atoms with Gasteiger partial charge in [-0.25, -0.2) is 0 Å². The fourth-order valence-corrected chi connectivity index (χ4v) is 10.1. The first-order valence-corrected chi connectivity index (χ1v) is 30.6. The summed E-state index contributed by atoms with van der Waals surface area (Å²) in [6.07, 6.45) is 46.9. The van der Waals surface area contributed by atoms with Crippen LogP contribution in [0.3, 0.4) is 0 Å². The van der Waals surface area contributed by atoms with Crippen LogP contribution in [0.5, 0.6) is 0 Å². The lowest BCUT2D eigenvalue weighted by atomic mass is 9.98. The van der Waals surface area contributed by atoms with E-state index >= 15 is 0 Å². The third-order valence-electron chi connectivity index (χ3n) is 15.1. The Hall–Kier alpha value is -1.15. The molecule has 1 rings (SSSR count). The molecule has 0 saturated carbocycles. The van der Waals surface area contributed by atoms with Crippen LogP contribution in [-0.4, -0.2) is 110 Å². The first-order chi connectivity index (χ1) is 34.7. The second-order valence-corrected chi connectivity index (χ2v) is 21.8. The number of aliphatic hydroxyl groups excluding tert-OH is 7. The van der Waals surface area contributed by atoms with Gasteiger partial charge in [-0.1, -0.05) is 270 Å². The minimum Gasteiger partial charge on any atom is -0.394 e. The Morgan fingerprint density at radius 2 is 0.817 bits per heavy atom. The number of amides is 1. The minimum atomic E-state index is -1.66. The maximum absolute atomic E-state index is 13.2. The molecule has 1 saturated heterocycles. The van der Waals surface area contributed by atoms with Crippen molar-refractivity contribution in [1.82, 2.24) is 5.32 Å². The third-order valence-corrected chi connectivity index (χ3v) is 15.1. The van der Waals surface area contributed by atoms with Crippen LogP contribution in [0.15, 0.2) is 12.2 Å². The number of carbonyl (C=O) groups excluding carboxylic acids is 1. The molecular weight excluding hydrogens is 895 g/mol. The molecule has 9 atom stereocenters. The summed E-state index contributed by atoms with van der Waals surface area (Å²) in [7, 11) is 0. The molecule has 0 aliphatic carbocycles. The molecule has 0 aromatic heterocycles. The van der Waals surface area contributed by atoms with E-state index < -0.39 is 74.2 Å². The number of nitrogens with one attached hydrogen (secondary N) is 1. The summed E-state index contributed by atoms with van der Waals surface area (Å²) in [6, 6.07) is -1.17. The Labute approximate surface area is 436 Å². The number of unbranched alkanes of at least 4 members (excludes halogenated alkanes) is 39. The maximum Gasteiger partial charge on any atom is 0.249 e. The van der Waals surface area contributed by atoms with E-state index in [4.69, 9.17) is 9.47 Å². The van der Waals surface area contributed by atoms with Crippen molar-refractivity contribution in [3.05, 3.63) is 12.2 Å². The van der Waals surface area contributed by atoms with Gasteiger partial charge in [0.25, 0.3) is 0 Å². The molecule has 422 valence electrons. The van der Waals surface area contributed by atoms with E-state index in [1.165, 1.54) is 205 Å². The largest absolute Gasteiger partial charge is 0.394 e. The smallest absolute Gasteiger partial charge is 0.249 e. The maximum atomic E-state index is 13.2. The summed E-state index contributed by atoms with van der Waals surface area (Å²) >= 11 is 0. The van der Waals surface area contributed by atoms with Gasteiger partial charge in [-0.2, -0.15) is 0 Å². The van der Waals surface area contributed by atoms with E-state index in [0.717, 1.165) is 51.4 Å². The van der Waals surface area contributed by atoms with E-state index in [9.17, 15) is 40.5 Å². The molecule has 0 radical (unpaired) electrons. The lowest BCUT2D eigenvalue weighted by Gasteiger charge is -2.40. The molecule has 11 heteroatoms. The summed E-state index contributed by atoms with van der Waals surface area (Å²) in [5.74, 6) is -0.696. The second-order valence-electron chi connectivity index (χ2n) is 21.8. The van der Waals surface area contributed by atoms with E-state index in [1.807, 2.05) is 0 Å². The summed E-state index contributed by atoms with van der Waals surface area (Å²) in [6.45, 7) is 3.49. The quantitative estimate of drug-likeness (QED) is 0.0215. The Balaban J connectivity index is 2.28. The molecule has 11 nitrogen and oxygen atoms in total. The molecule has 1 aliphatic rings. The average Bonchev–Trinajstić information content (AvgIpc) is 3.37. The molecule has 1 aliphatic heterocycles. The predicted octanol–water partition coefficient (Wildman–Crippen LogP) is 13.1. The first kappa shape index (κ1) is 67.9. The fraction of sp³-hybridized carbons (Fsp3) is 0.950. The van der Waals surface area contributed by atoms with Gasteiger partial charge in [0, 0.05) is 0 Å². The van der Waals surface area contributed by atoms with Crippen LogP contribution in [0.25, 0.3) is 0 Å². The van der Waals surface area contributed by atoms with Crippen molar-refractivity contribution in [2.24, 2.45) is 0 Å². The van der Waals surface area contributed by atoms with Crippen LogP contribution in [0.1, 0.15) is 296 Å². The van der Waals surface area contributed by atoms with Crippen molar-refractivity contribution >= 4 is 5.91 Å². The van der Waals surface area contributed by atoms with E-state index in [1.54, 1.807) is 0 Å². The van der Waals surface area contributed by atoms with Crippen molar-refractivity contribution in [1.29, 1.82) is 0 Å². The van der Waals surface area contributed by atoms with Gasteiger partial charge in [0.2, 0.25) is 5.91 Å². The van der Waals surface area contributed by atoms with Gasteiger partial charge >= 0.3 is 0 Å². The molecule has 0 aromatic rings. The lowest BCUT2D eigenvalue weighted by Crippen LogP contribution is -2.60. The van der Waals surface area contributed by atoms with Gasteiger partial charge in [-0.15, -0.1) is 0 Å². The third kappa shape index (κ3) is 38.1. The SMILES string of the molecule is CCCCCCCCCCC/C=C\CCCCCCCCC(O)C(=O)NC(COC1OC(CO)C(O)C(O)C1O)C(O)C(O)CCCCCCCCCCCCCCCCCCCCCCCCCCC. The standard InChI is InChI=1S/C60H117NO10/c1-3-5-7-9-11-13-15-17-19-21-23-24-25-26-27-28-30-31-33-35-37-39-41-43-45-47-52(63)55(65)51(50-70-60-58(68)57(67)56(66)54(49-62)71-60)61-59(69)53(64)48-46-44-42-40-38-36-34-32-29-22-20-18-16-14-12-10-8-6-4-2/h29,32,51-58,60,62-68H,3-28,30-31,33-50H2,1-2H3,(H,61,69)/b32-29-. The monoisotopic (exact) mass is 1010 g/mol. The van der Waals surface area contributed by atoms with Crippen LogP contribution in [0, 0.1) is 0 Å². The zero-order valence-corrected chi connectivity index (χ0v) is 46.2. The highest BCUT2D eigenvalue weighted by Crippen LogP contribution is 2.24. The van der Waals surface area contributed by atoms with Gasteiger partial charge in [0.15, 0.2) is 6.29 Å². The number of hydrogen-bond acceptors (Lipinski definition) is 10. The highest BCUT2D eigenvalue weighted by molar-refractivity contribution is 5.80. The average molecular weight is 1010 g/mol. The number of hydrogen-bond donors (Lipinski definition) is 8. The van der Waals surface area contributed by atoms with Crippen LogP contribution in [0.2, 0.25) is 0 Å². The summed E-state index contributed by atoms with van der Waals surface area (Å²) in [5.41, 5.74) is 0. The number of aliphatic hydroxyl groups is 7. The van der Waals surface area contributed by atoms with Gasteiger partial charge in [-0.05, 0) is 38.5 Å². The number of carbonyl (C=O) groups is 1. The van der Waals surface area contributed by atoms with Crippen molar-refractivity contribution in [3.8, 4) is 0 Å². The number of rotatable bonds is 53. The Morgan fingerprint density at radius 1 is 0.479 bits per heavy atom. The molecule has 9 unspecified atom stereocenters. The van der Waals surface area contributed by atoms with E-state index in [0.29, 0.717) is 19.3 Å². The minimum absolute atomic E-state index is 0.256. The molecule has 1 amide bonds. The lowest BCUT2D eigenvalue weighted by molar-refractivity contribution is -0.303. The zero-order chi connectivity index (χ0) is 51.8. The van der Waals surface area contributed by atoms with E-state index in [2.05, 4.69) is 31.3 Å². The Morgan fingerprint density at radius 3 is 1.18 bits per heavy atom. The van der Waals surface area contributed by atoms with Gasteiger partial charge < -0.3 is 50.5 Å². The van der Waals surface area contributed by atoms with Crippen LogP contribution >= 0.6 is 0 Å². The van der Waals surface area contributed by atoms with Crippen LogP contribution in [0.4, 0.5) is 0 Å². The van der Waals surface area contributed by atoms with Gasteiger partial charge in [0.05, 0.1) is 25.4 Å². The zero-order valence-electron chi connectivity index (χ0n) is 46.2. The Bertz CT molecular complexity index is 1160. The van der Waals surface area contributed by atoms with Crippen LogP contribution < -0.4 is 5.32 Å².